The Morgan fingerprint density at radius 1 is 1.08 bits per heavy atom. The fourth-order valence-corrected chi connectivity index (χ4v) is 4.06. The van der Waals surface area contributed by atoms with Crippen LogP contribution in [-0.2, 0) is 19.4 Å². The highest BCUT2D eigenvalue weighted by Crippen LogP contribution is 2.28. The van der Waals surface area contributed by atoms with Gasteiger partial charge in [0.1, 0.15) is 0 Å². The number of hydrogen-bond acceptors (Lipinski definition) is 6. The monoisotopic (exact) mass is 338 g/mol. The minimum atomic E-state index is 0.449. The highest BCUT2D eigenvalue weighted by Gasteiger charge is 2.26. The molecule has 8 nitrogen and oxygen atoms in total. The zero-order valence-electron chi connectivity index (χ0n) is 14.3. The quantitative estimate of drug-likeness (QED) is 0.708. The summed E-state index contributed by atoms with van der Waals surface area (Å²) in [5.41, 5.74) is 3.50. The first-order chi connectivity index (χ1) is 12.4. The third-order valence-electron chi connectivity index (χ3n) is 5.51. The van der Waals surface area contributed by atoms with Crippen LogP contribution in [0.4, 0.5) is 0 Å². The minimum absolute atomic E-state index is 0.449. The first-order valence-corrected chi connectivity index (χ1v) is 9.17. The van der Waals surface area contributed by atoms with Crippen LogP contribution in [0.3, 0.4) is 0 Å². The summed E-state index contributed by atoms with van der Waals surface area (Å²) in [7, 11) is 0. The van der Waals surface area contributed by atoms with E-state index in [0.717, 1.165) is 63.3 Å². The van der Waals surface area contributed by atoms with Gasteiger partial charge in [0, 0.05) is 18.7 Å². The Labute approximate surface area is 145 Å². The second kappa shape index (κ2) is 6.18. The van der Waals surface area contributed by atoms with E-state index in [1.54, 1.807) is 6.20 Å². The Hall–Kier alpha value is -2.35. The van der Waals surface area contributed by atoms with E-state index in [1.807, 2.05) is 15.4 Å². The van der Waals surface area contributed by atoms with Crippen LogP contribution in [0.5, 0.6) is 0 Å². The van der Waals surface area contributed by atoms with Gasteiger partial charge >= 0.3 is 0 Å². The normalized spacial score (nSPS) is 18.9. The summed E-state index contributed by atoms with van der Waals surface area (Å²) >= 11 is 0. The van der Waals surface area contributed by atoms with Gasteiger partial charge in [-0.1, -0.05) is 5.21 Å². The highest BCUT2D eigenvalue weighted by molar-refractivity contribution is 5.43. The van der Waals surface area contributed by atoms with Crippen molar-refractivity contribution in [1.82, 2.24) is 39.7 Å². The zero-order chi connectivity index (χ0) is 16.6. The second-order valence-electron chi connectivity index (χ2n) is 7.08. The van der Waals surface area contributed by atoms with Crippen LogP contribution < -0.4 is 0 Å². The summed E-state index contributed by atoms with van der Waals surface area (Å²) in [4.78, 5) is 2.49. The van der Waals surface area contributed by atoms with Gasteiger partial charge in [-0.2, -0.15) is 9.61 Å². The van der Waals surface area contributed by atoms with E-state index in [0.29, 0.717) is 5.92 Å². The molecular formula is C17H22N8. The van der Waals surface area contributed by atoms with Gasteiger partial charge in [-0.05, 0) is 56.8 Å². The zero-order valence-corrected chi connectivity index (χ0v) is 14.3. The molecule has 0 spiro atoms. The summed E-state index contributed by atoms with van der Waals surface area (Å²) in [6.07, 6.45) is 9.29. The molecule has 25 heavy (non-hydrogen) atoms. The molecule has 0 unspecified atom stereocenters. The number of hydrogen-bond donors (Lipinski definition) is 0. The molecule has 1 aliphatic heterocycles. The lowest BCUT2D eigenvalue weighted by molar-refractivity contribution is 0.198. The molecule has 0 aromatic carbocycles. The lowest BCUT2D eigenvalue weighted by Gasteiger charge is -2.30. The van der Waals surface area contributed by atoms with Gasteiger partial charge < -0.3 is 4.90 Å². The topological polar surface area (TPSA) is 77.0 Å². The molecule has 130 valence electrons. The molecule has 1 saturated heterocycles. The Kier molecular flexibility index (Phi) is 3.70. The van der Waals surface area contributed by atoms with E-state index in [9.17, 15) is 0 Å². The molecule has 0 N–H and O–H groups in total. The van der Waals surface area contributed by atoms with E-state index in [4.69, 9.17) is 5.10 Å². The van der Waals surface area contributed by atoms with Crippen molar-refractivity contribution < 1.29 is 0 Å². The average Bonchev–Trinajstić information content (AvgIpc) is 3.38. The smallest absolute Gasteiger partial charge is 0.178 e. The van der Waals surface area contributed by atoms with E-state index in [2.05, 4.69) is 31.5 Å². The fourth-order valence-electron chi connectivity index (χ4n) is 4.06. The van der Waals surface area contributed by atoms with Gasteiger partial charge in [0.05, 0.1) is 18.4 Å². The molecule has 2 aliphatic rings. The number of rotatable bonds is 4. The van der Waals surface area contributed by atoms with Crippen LogP contribution in [0.15, 0.2) is 18.5 Å². The maximum absolute atomic E-state index is 4.84. The Bertz CT molecular complexity index is 860. The summed E-state index contributed by atoms with van der Waals surface area (Å²) < 4.78 is 3.89. The molecule has 0 bridgehead atoms. The molecule has 1 fully saturated rings. The Morgan fingerprint density at radius 2 is 2.00 bits per heavy atom. The van der Waals surface area contributed by atoms with Crippen LogP contribution >= 0.6 is 0 Å². The molecule has 4 heterocycles. The van der Waals surface area contributed by atoms with Crippen molar-refractivity contribution in [2.45, 2.75) is 44.6 Å². The Morgan fingerprint density at radius 3 is 2.84 bits per heavy atom. The lowest BCUT2D eigenvalue weighted by atomic mass is 9.96. The standard InChI is InChI=1S/C17H22N8/c1-2-14-12-16-19-20-17(25(16)21-15(14)3-1)13-4-7-23(8-5-13)10-11-24-9-6-18-22-24/h6,9,12-13H,1-5,7-8,10-11H2. The van der Waals surface area contributed by atoms with E-state index in [-0.39, 0.29) is 0 Å². The second-order valence-corrected chi connectivity index (χ2v) is 7.08. The summed E-state index contributed by atoms with van der Waals surface area (Å²) in [6, 6.07) is 2.18. The number of nitrogens with zero attached hydrogens (tertiary/aromatic N) is 8. The van der Waals surface area contributed by atoms with E-state index in [1.165, 1.54) is 17.7 Å². The molecule has 0 saturated carbocycles. The fraction of sp³-hybridized carbons (Fsp3) is 0.588. The summed E-state index contributed by atoms with van der Waals surface area (Å²) in [5.74, 6) is 1.49. The average molecular weight is 338 g/mol. The van der Waals surface area contributed by atoms with Crippen LogP contribution in [0.25, 0.3) is 5.65 Å². The van der Waals surface area contributed by atoms with Gasteiger partial charge in [0.2, 0.25) is 0 Å². The molecule has 3 aromatic heterocycles. The molecule has 0 radical (unpaired) electrons. The summed E-state index contributed by atoms with van der Waals surface area (Å²) in [6.45, 7) is 4.08. The molecule has 0 amide bonds. The maximum atomic E-state index is 4.84. The van der Waals surface area contributed by atoms with Crippen molar-refractivity contribution >= 4 is 5.65 Å². The largest absolute Gasteiger partial charge is 0.301 e. The molecular weight excluding hydrogens is 316 g/mol. The molecule has 3 aromatic rings. The van der Waals surface area contributed by atoms with Crippen molar-refractivity contribution in [3.05, 3.63) is 35.5 Å². The first-order valence-electron chi connectivity index (χ1n) is 9.17. The molecule has 5 rings (SSSR count). The van der Waals surface area contributed by atoms with Crippen molar-refractivity contribution in [2.24, 2.45) is 0 Å². The van der Waals surface area contributed by atoms with Crippen LogP contribution in [0, 0.1) is 0 Å². The van der Waals surface area contributed by atoms with Gasteiger partial charge in [-0.25, -0.2) is 0 Å². The van der Waals surface area contributed by atoms with Crippen LogP contribution in [0.1, 0.15) is 42.3 Å². The number of aryl methyl sites for hydroxylation is 2. The SMILES string of the molecule is c1cn(CCN2CCC(c3nnc4cc5c(nn34)CCC5)CC2)nn1. The van der Waals surface area contributed by atoms with Crippen LogP contribution in [-0.4, -0.2) is 59.3 Å². The lowest BCUT2D eigenvalue weighted by Crippen LogP contribution is -2.35. The number of fused-ring (bicyclic) bond motifs is 2. The Balaban J connectivity index is 1.27. The van der Waals surface area contributed by atoms with Gasteiger partial charge in [0.15, 0.2) is 11.5 Å². The van der Waals surface area contributed by atoms with Gasteiger partial charge in [-0.15, -0.1) is 15.3 Å². The van der Waals surface area contributed by atoms with Crippen molar-refractivity contribution in [2.75, 3.05) is 19.6 Å². The predicted octanol–water partition coefficient (Wildman–Crippen LogP) is 1.08. The summed E-state index contributed by atoms with van der Waals surface area (Å²) in [5, 5.41) is 21.6. The predicted molar refractivity (Wildman–Crippen MR) is 91.2 cm³/mol. The van der Waals surface area contributed by atoms with E-state index < -0.39 is 0 Å². The van der Waals surface area contributed by atoms with Crippen molar-refractivity contribution in [1.29, 1.82) is 0 Å². The maximum Gasteiger partial charge on any atom is 0.178 e. The third-order valence-corrected chi connectivity index (χ3v) is 5.51. The third kappa shape index (κ3) is 2.80. The molecule has 0 atom stereocenters. The van der Waals surface area contributed by atoms with Crippen LogP contribution in [0.2, 0.25) is 0 Å². The number of likely N-dealkylation sites (tertiary alicyclic amines) is 1. The van der Waals surface area contributed by atoms with Crippen molar-refractivity contribution in [3.63, 3.8) is 0 Å². The van der Waals surface area contributed by atoms with Gasteiger partial charge in [-0.3, -0.25) is 4.68 Å². The minimum Gasteiger partial charge on any atom is -0.301 e. The number of aromatic nitrogens is 7. The molecule has 1 aliphatic carbocycles. The first kappa shape index (κ1) is 14.9. The molecule has 8 heteroatoms. The number of piperidine rings is 1. The van der Waals surface area contributed by atoms with E-state index >= 15 is 0 Å². The van der Waals surface area contributed by atoms with Crippen molar-refractivity contribution in [3.8, 4) is 0 Å². The highest BCUT2D eigenvalue weighted by atomic mass is 15.4. The van der Waals surface area contributed by atoms with Gasteiger partial charge in [0.25, 0.3) is 0 Å².